The summed E-state index contributed by atoms with van der Waals surface area (Å²) in [6, 6.07) is 9.24. The van der Waals surface area contributed by atoms with Crippen molar-refractivity contribution < 1.29 is 34.3 Å². The molecule has 4 atom stereocenters. The number of imidazole rings is 1. The van der Waals surface area contributed by atoms with Crippen LogP contribution in [0.3, 0.4) is 0 Å². The third-order valence-electron chi connectivity index (χ3n) is 7.30. The summed E-state index contributed by atoms with van der Waals surface area (Å²) in [5, 5.41) is 37.8. The van der Waals surface area contributed by atoms with Crippen LogP contribution in [0.15, 0.2) is 47.7 Å². The molecule has 3 aromatic heterocycles. The molecule has 244 valence electrons. The highest BCUT2D eigenvalue weighted by atomic mass is 16.7. The van der Waals surface area contributed by atoms with Crippen LogP contribution in [0.25, 0.3) is 12.2 Å². The summed E-state index contributed by atoms with van der Waals surface area (Å²) in [6.45, 7) is 5.20. The van der Waals surface area contributed by atoms with Crippen LogP contribution in [-0.4, -0.2) is 87.9 Å². The lowest BCUT2D eigenvalue weighted by molar-refractivity contribution is -0.150. The third kappa shape index (κ3) is 7.74. The number of esters is 1. The number of aryl methyl sites for hydroxylation is 1. The van der Waals surface area contributed by atoms with Crippen molar-refractivity contribution in [3.05, 3.63) is 86.6 Å². The molecule has 1 fully saturated rings. The Labute approximate surface area is 263 Å². The second kappa shape index (κ2) is 14.2. The van der Waals surface area contributed by atoms with Gasteiger partial charge in [0.1, 0.15) is 29.0 Å². The zero-order valence-corrected chi connectivity index (χ0v) is 25.7. The monoisotopic (exact) mass is 635 g/mol. The lowest BCUT2D eigenvalue weighted by atomic mass is 9.90. The fourth-order valence-electron chi connectivity index (χ4n) is 4.91. The van der Waals surface area contributed by atoms with Gasteiger partial charge in [-0.25, -0.2) is 14.6 Å². The maximum absolute atomic E-state index is 13.0. The summed E-state index contributed by atoms with van der Waals surface area (Å²) in [7, 11) is 0. The molecule has 5 rings (SSSR count). The molecule has 1 aliphatic heterocycles. The third-order valence-corrected chi connectivity index (χ3v) is 7.30. The summed E-state index contributed by atoms with van der Waals surface area (Å²) in [5.41, 5.74) is 2.08. The van der Waals surface area contributed by atoms with Crippen molar-refractivity contribution in [2.45, 2.75) is 70.0 Å². The molecule has 4 unspecified atom stereocenters. The fraction of sp³-hybridized carbons (Fsp3) is 0.419. The first-order valence-corrected chi connectivity index (χ1v) is 14.8. The Bertz CT molecular complexity index is 1810. The van der Waals surface area contributed by atoms with E-state index in [1.807, 2.05) is 51.1 Å². The molecule has 0 spiro atoms. The summed E-state index contributed by atoms with van der Waals surface area (Å²) >= 11 is 0. The first kappa shape index (κ1) is 32.7. The van der Waals surface area contributed by atoms with Gasteiger partial charge in [0, 0.05) is 17.5 Å². The maximum Gasteiger partial charge on any atom is 0.308 e. The molecular formula is C31H37N7O8. The number of benzene rings is 1. The molecule has 1 aromatic carbocycles. The number of hydrogen-bond donors (Lipinski definition) is 5. The molecule has 15 nitrogen and oxygen atoms in total. The van der Waals surface area contributed by atoms with E-state index < -0.39 is 49.5 Å². The Hall–Kier alpha value is -4.70. The van der Waals surface area contributed by atoms with Crippen LogP contribution in [0.5, 0.6) is 5.88 Å². The molecule has 0 radical (unpaired) electrons. The minimum atomic E-state index is -1.27. The Morgan fingerprint density at radius 3 is 2.65 bits per heavy atom. The largest absolute Gasteiger partial charge is 0.438 e. The Kier molecular flexibility index (Phi) is 10.1. The van der Waals surface area contributed by atoms with Gasteiger partial charge in [-0.15, -0.1) is 5.10 Å². The van der Waals surface area contributed by atoms with Crippen molar-refractivity contribution in [1.29, 1.82) is 0 Å². The molecule has 1 aliphatic rings. The van der Waals surface area contributed by atoms with Crippen LogP contribution < -0.4 is 21.0 Å². The van der Waals surface area contributed by atoms with E-state index in [1.54, 1.807) is 24.7 Å². The van der Waals surface area contributed by atoms with Gasteiger partial charge in [0.05, 0.1) is 30.5 Å². The molecule has 0 bridgehead atoms. The van der Waals surface area contributed by atoms with E-state index in [1.165, 1.54) is 4.68 Å². The normalized spacial score (nSPS) is 20.7. The quantitative estimate of drug-likeness (QED) is 0.105. The second-order valence-corrected chi connectivity index (χ2v) is 11.8. The summed E-state index contributed by atoms with van der Waals surface area (Å²) in [5.74, 6) is -0.469. The average molecular weight is 636 g/mol. The molecule has 1 saturated heterocycles. The Morgan fingerprint density at radius 1 is 1.15 bits per heavy atom. The van der Waals surface area contributed by atoms with Gasteiger partial charge in [0.15, 0.2) is 6.23 Å². The van der Waals surface area contributed by atoms with Gasteiger partial charge >= 0.3 is 5.97 Å². The molecule has 0 amide bonds. The van der Waals surface area contributed by atoms with Gasteiger partial charge in [-0.05, 0) is 30.6 Å². The van der Waals surface area contributed by atoms with Gasteiger partial charge < -0.3 is 39.5 Å². The van der Waals surface area contributed by atoms with Crippen molar-refractivity contribution in [2.24, 2.45) is 0 Å². The molecule has 4 aromatic rings. The number of nitrogens with zero attached hydrogens (tertiary/aromatic N) is 5. The summed E-state index contributed by atoms with van der Waals surface area (Å²) in [4.78, 5) is 40.2. The number of nitrogens with one attached hydrogen (secondary N) is 2. The first-order valence-electron chi connectivity index (χ1n) is 14.8. The molecule has 46 heavy (non-hydrogen) atoms. The van der Waals surface area contributed by atoms with Crippen LogP contribution in [-0.2, 0) is 26.1 Å². The minimum absolute atomic E-state index is 0.0529. The van der Waals surface area contributed by atoms with E-state index in [4.69, 9.17) is 14.2 Å². The zero-order valence-electron chi connectivity index (χ0n) is 25.7. The Balaban J connectivity index is 1.24. The molecule has 15 heteroatoms. The number of aliphatic hydroxyl groups excluding tert-OH is 3. The molecule has 5 N–H and O–H groups in total. The van der Waals surface area contributed by atoms with Gasteiger partial charge in [-0.1, -0.05) is 56.3 Å². The van der Waals surface area contributed by atoms with E-state index in [0.717, 1.165) is 11.3 Å². The highest BCUT2D eigenvalue weighted by Gasteiger charge is 2.43. The van der Waals surface area contributed by atoms with E-state index >= 15 is 0 Å². The Morgan fingerprint density at radius 2 is 1.93 bits per heavy atom. The molecule has 0 aliphatic carbocycles. The first-order chi connectivity index (χ1) is 22.0. The van der Waals surface area contributed by atoms with Crippen molar-refractivity contribution in [3.63, 3.8) is 0 Å². The SMILES string of the molecule is CC(C)(C)c1[nH]cnc1/C=c1\[nH]c(=O)/c(=C/c2ccccc2)nc1OCOC(=O)CCCc1cn(C2OC(CO)C(O)C2O)nn1. The zero-order chi connectivity index (χ0) is 32.8. The smallest absolute Gasteiger partial charge is 0.308 e. The second-order valence-electron chi connectivity index (χ2n) is 11.8. The number of carbonyl (C=O) groups is 1. The molecule has 0 saturated carbocycles. The number of hydrogen-bond acceptors (Lipinski definition) is 12. The standard InChI is InChI=1S/C31H37N7O8/c1-31(2,3)27-20(32-16-33-27)13-22-29(35-21(28(43)34-22)12-18-8-5-4-6-9-18)45-17-44-24(40)11-7-10-19-14-38(37-36-19)30-26(42)25(41)23(15-39)46-30/h4-6,8-9,12-14,16,23,25-26,30,39,41-42H,7,10-11,15,17H2,1-3H3,(H,32,33)(H,34,43)/b21-12-,22-13-. The number of ether oxygens (including phenoxy) is 3. The number of aromatic amines is 2. The number of aliphatic hydroxyl groups is 3. The van der Waals surface area contributed by atoms with Crippen molar-refractivity contribution in [2.75, 3.05) is 13.4 Å². The van der Waals surface area contributed by atoms with Crippen LogP contribution in [0, 0.1) is 0 Å². The van der Waals surface area contributed by atoms with Crippen molar-refractivity contribution in [3.8, 4) is 5.88 Å². The molecular weight excluding hydrogens is 598 g/mol. The topological polar surface area (TPSA) is 211 Å². The molecule has 4 heterocycles. The van der Waals surface area contributed by atoms with Crippen molar-refractivity contribution in [1.82, 2.24) is 34.9 Å². The van der Waals surface area contributed by atoms with Gasteiger partial charge in [-0.3, -0.25) is 9.59 Å². The highest BCUT2D eigenvalue weighted by Crippen LogP contribution is 2.28. The van der Waals surface area contributed by atoms with Crippen LogP contribution >= 0.6 is 0 Å². The van der Waals surface area contributed by atoms with Gasteiger partial charge in [0.25, 0.3) is 5.56 Å². The summed E-state index contributed by atoms with van der Waals surface area (Å²) in [6.07, 6.45) is 2.77. The average Bonchev–Trinajstić information content (AvgIpc) is 3.75. The lowest BCUT2D eigenvalue weighted by Crippen LogP contribution is -2.38. The minimum Gasteiger partial charge on any atom is -0.438 e. The van der Waals surface area contributed by atoms with Gasteiger partial charge in [0.2, 0.25) is 12.7 Å². The highest BCUT2D eigenvalue weighted by molar-refractivity contribution is 5.69. The maximum atomic E-state index is 13.0. The lowest BCUT2D eigenvalue weighted by Gasteiger charge is -2.17. The van der Waals surface area contributed by atoms with Crippen LogP contribution in [0.4, 0.5) is 0 Å². The van der Waals surface area contributed by atoms with Crippen LogP contribution in [0.1, 0.15) is 62.5 Å². The van der Waals surface area contributed by atoms with E-state index in [0.29, 0.717) is 24.2 Å². The van der Waals surface area contributed by atoms with E-state index in [2.05, 4.69) is 30.2 Å². The summed E-state index contributed by atoms with van der Waals surface area (Å²) < 4.78 is 17.8. The van der Waals surface area contributed by atoms with E-state index in [9.17, 15) is 24.9 Å². The predicted octanol–water partition coefficient (Wildman–Crippen LogP) is -0.446. The number of carbonyl (C=O) groups excluding carboxylic acids is 1. The number of H-pyrrole nitrogens is 2. The van der Waals surface area contributed by atoms with E-state index in [-0.39, 0.29) is 28.4 Å². The fourth-order valence-corrected chi connectivity index (χ4v) is 4.91. The van der Waals surface area contributed by atoms with Crippen molar-refractivity contribution >= 4 is 18.1 Å². The van der Waals surface area contributed by atoms with Crippen LogP contribution in [0.2, 0.25) is 0 Å². The van der Waals surface area contributed by atoms with Gasteiger partial charge in [-0.2, -0.15) is 0 Å². The number of aromatic nitrogens is 7. The predicted molar refractivity (Wildman–Crippen MR) is 163 cm³/mol. The number of rotatable bonds is 11.